The Labute approximate surface area is 53.2 Å². The van der Waals surface area contributed by atoms with Crippen LogP contribution in [0.15, 0.2) is 0 Å². The summed E-state index contributed by atoms with van der Waals surface area (Å²) < 4.78 is 0. The summed E-state index contributed by atoms with van der Waals surface area (Å²) in [6.45, 7) is 0.565. The fourth-order valence-electron chi connectivity index (χ4n) is 0.880. The van der Waals surface area contributed by atoms with E-state index in [1.807, 2.05) is 0 Å². The molecule has 1 atom stereocenters. The smallest absolute Gasteiger partial charge is 0.265 e. The number of hydrogen-bond acceptors (Lipinski definition) is 3. The van der Waals surface area contributed by atoms with Gasteiger partial charge in [0.15, 0.2) is 0 Å². The molecule has 0 saturated carbocycles. The summed E-state index contributed by atoms with van der Waals surface area (Å²) in [7, 11) is 0. The highest BCUT2D eigenvalue weighted by atomic mass is 16.3. The van der Waals surface area contributed by atoms with E-state index in [-0.39, 0.29) is 5.91 Å². The molecule has 4 heteroatoms. The number of nitrogens with two attached hydrogens (primary N) is 1. The monoisotopic (exact) mass is 130 g/mol. The molecule has 0 aromatic carbocycles. The van der Waals surface area contributed by atoms with Crippen molar-refractivity contribution in [1.29, 1.82) is 0 Å². The van der Waals surface area contributed by atoms with Gasteiger partial charge in [0, 0.05) is 6.54 Å². The highest BCUT2D eigenvalue weighted by Gasteiger charge is 2.23. The quantitative estimate of drug-likeness (QED) is 0.321. The molecule has 52 valence electrons. The lowest BCUT2D eigenvalue weighted by molar-refractivity contribution is -0.144. The number of rotatable bonds is 0. The Morgan fingerprint density at radius 2 is 2.44 bits per heavy atom. The number of hydrazine groups is 1. The van der Waals surface area contributed by atoms with Crippen molar-refractivity contribution in [2.45, 2.75) is 18.9 Å². The van der Waals surface area contributed by atoms with Crippen molar-refractivity contribution in [1.82, 2.24) is 5.01 Å². The Kier molecular flexibility index (Phi) is 1.68. The molecular formula is C5H10N2O2. The maximum atomic E-state index is 10.7. The summed E-state index contributed by atoms with van der Waals surface area (Å²) in [4.78, 5) is 10.7. The van der Waals surface area contributed by atoms with Crippen molar-refractivity contribution in [2.75, 3.05) is 6.54 Å². The van der Waals surface area contributed by atoms with Crippen molar-refractivity contribution in [3.63, 3.8) is 0 Å². The summed E-state index contributed by atoms with van der Waals surface area (Å²) in [5, 5.41) is 9.94. The van der Waals surface area contributed by atoms with Crippen LogP contribution in [0.2, 0.25) is 0 Å². The number of aliphatic hydroxyl groups excluding tert-OH is 1. The van der Waals surface area contributed by atoms with Crippen LogP contribution >= 0.6 is 0 Å². The number of aliphatic hydroxyl groups is 1. The standard InChI is InChI=1S/C5H10N2O2/c6-7-3-1-2-4(8)5(7)9/h4,8H,1-3,6H2. The minimum atomic E-state index is -0.858. The maximum Gasteiger partial charge on any atom is 0.265 e. The number of carbonyl (C=O) groups excluding carboxylic acids is 1. The molecule has 1 unspecified atom stereocenters. The van der Waals surface area contributed by atoms with Gasteiger partial charge < -0.3 is 5.11 Å². The maximum absolute atomic E-state index is 10.7. The molecule has 1 rings (SSSR count). The van der Waals surface area contributed by atoms with E-state index in [1.165, 1.54) is 0 Å². The fourth-order valence-corrected chi connectivity index (χ4v) is 0.880. The molecule has 1 aliphatic rings. The zero-order chi connectivity index (χ0) is 6.85. The average molecular weight is 130 g/mol. The van der Waals surface area contributed by atoms with E-state index in [2.05, 4.69) is 0 Å². The number of piperidine rings is 1. The van der Waals surface area contributed by atoms with Gasteiger partial charge in [-0.2, -0.15) is 0 Å². The van der Waals surface area contributed by atoms with Gasteiger partial charge >= 0.3 is 0 Å². The molecule has 9 heavy (non-hydrogen) atoms. The zero-order valence-corrected chi connectivity index (χ0v) is 5.08. The number of amides is 1. The molecular weight excluding hydrogens is 120 g/mol. The summed E-state index contributed by atoms with van der Waals surface area (Å²) in [5.74, 6) is 4.83. The minimum absolute atomic E-state index is 0.360. The van der Waals surface area contributed by atoms with Crippen LogP contribution in [0.1, 0.15) is 12.8 Å². The lowest BCUT2D eigenvalue weighted by Crippen LogP contribution is -2.48. The molecule has 1 amide bonds. The van der Waals surface area contributed by atoms with E-state index in [9.17, 15) is 4.79 Å². The van der Waals surface area contributed by atoms with Crippen LogP contribution in [0, 0.1) is 0 Å². The van der Waals surface area contributed by atoms with E-state index in [0.717, 1.165) is 11.4 Å². The average Bonchev–Trinajstić information content (AvgIpc) is 1.83. The van der Waals surface area contributed by atoms with Gasteiger partial charge in [-0.1, -0.05) is 0 Å². The minimum Gasteiger partial charge on any atom is -0.383 e. The molecule has 4 nitrogen and oxygen atoms in total. The highest BCUT2D eigenvalue weighted by molar-refractivity contribution is 5.80. The molecule has 0 bridgehead atoms. The van der Waals surface area contributed by atoms with Crippen LogP contribution in [-0.4, -0.2) is 28.7 Å². The largest absolute Gasteiger partial charge is 0.383 e. The van der Waals surface area contributed by atoms with Crippen molar-refractivity contribution in [3.05, 3.63) is 0 Å². The van der Waals surface area contributed by atoms with Crippen molar-refractivity contribution in [3.8, 4) is 0 Å². The first-order valence-electron chi connectivity index (χ1n) is 2.96. The molecule has 1 fully saturated rings. The first-order valence-corrected chi connectivity index (χ1v) is 2.96. The third kappa shape index (κ3) is 1.20. The number of hydrogen-bond donors (Lipinski definition) is 2. The predicted octanol–water partition coefficient (Wildman–Crippen LogP) is -1.16. The Hall–Kier alpha value is -0.610. The Bertz CT molecular complexity index is 114. The van der Waals surface area contributed by atoms with Gasteiger partial charge in [0.25, 0.3) is 5.91 Å². The first kappa shape index (κ1) is 6.51. The molecule has 0 spiro atoms. The van der Waals surface area contributed by atoms with Crippen LogP contribution < -0.4 is 5.84 Å². The third-order valence-corrected chi connectivity index (χ3v) is 1.44. The predicted molar refractivity (Wildman–Crippen MR) is 31.1 cm³/mol. The van der Waals surface area contributed by atoms with E-state index < -0.39 is 6.10 Å². The van der Waals surface area contributed by atoms with Crippen LogP contribution in [0.3, 0.4) is 0 Å². The SMILES string of the molecule is NN1CCCC(O)C1=O. The molecule has 0 aliphatic carbocycles. The molecule has 1 heterocycles. The summed E-state index contributed by atoms with van der Waals surface area (Å²) in [6.07, 6.45) is 0.486. The summed E-state index contributed by atoms with van der Waals surface area (Å²) in [6, 6.07) is 0. The van der Waals surface area contributed by atoms with E-state index in [4.69, 9.17) is 10.9 Å². The van der Waals surface area contributed by atoms with Gasteiger partial charge in [0.1, 0.15) is 6.10 Å². The Morgan fingerprint density at radius 3 is 2.89 bits per heavy atom. The van der Waals surface area contributed by atoms with Gasteiger partial charge in [0.05, 0.1) is 0 Å². The summed E-state index contributed by atoms with van der Waals surface area (Å²) >= 11 is 0. The molecule has 1 aliphatic heterocycles. The lowest BCUT2D eigenvalue weighted by atomic mass is 10.1. The molecule has 0 radical (unpaired) electrons. The summed E-state index contributed by atoms with van der Waals surface area (Å²) in [5.41, 5.74) is 0. The van der Waals surface area contributed by atoms with E-state index in [0.29, 0.717) is 13.0 Å². The van der Waals surface area contributed by atoms with Crippen LogP contribution in [-0.2, 0) is 4.79 Å². The van der Waals surface area contributed by atoms with Gasteiger partial charge in [-0.15, -0.1) is 0 Å². The molecule has 1 saturated heterocycles. The number of carbonyl (C=O) groups is 1. The van der Waals surface area contributed by atoms with Gasteiger partial charge in [-0.05, 0) is 12.8 Å². The van der Waals surface area contributed by atoms with Gasteiger partial charge in [-0.3, -0.25) is 9.80 Å². The topological polar surface area (TPSA) is 66.6 Å². The Balaban J connectivity index is 2.52. The molecule has 3 N–H and O–H groups in total. The van der Waals surface area contributed by atoms with Gasteiger partial charge in [-0.25, -0.2) is 5.84 Å². The first-order chi connectivity index (χ1) is 4.22. The lowest BCUT2D eigenvalue weighted by Gasteiger charge is -2.24. The van der Waals surface area contributed by atoms with Crippen molar-refractivity contribution < 1.29 is 9.90 Å². The Morgan fingerprint density at radius 1 is 1.78 bits per heavy atom. The second-order valence-corrected chi connectivity index (χ2v) is 2.19. The van der Waals surface area contributed by atoms with Crippen LogP contribution in [0.25, 0.3) is 0 Å². The van der Waals surface area contributed by atoms with Crippen LogP contribution in [0.5, 0.6) is 0 Å². The van der Waals surface area contributed by atoms with Crippen molar-refractivity contribution in [2.24, 2.45) is 5.84 Å². The molecule has 0 aromatic rings. The molecule has 0 aromatic heterocycles. The van der Waals surface area contributed by atoms with E-state index in [1.54, 1.807) is 0 Å². The number of nitrogens with zero attached hydrogens (tertiary/aromatic N) is 1. The van der Waals surface area contributed by atoms with Gasteiger partial charge in [0.2, 0.25) is 0 Å². The second kappa shape index (κ2) is 2.33. The highest BCUT2D eigenvalue weighted by Crippen LogP contribution is 2.06. The third-order valence-electron chi connectivity index (χ3n) is 1.44. The van der Waals surface area contributed by atoms with Crippen LogP contribution in [0.4, 0.5) is 0 Å². The van der Waals surface area contributed by atoms with Crippen molar-refractivity contribution >= 4 is 5.91 Å². The fraction of sp³-hybridized carbons (Fsp3) is 0.800. The normalized spacial score (nSPS) is 28.9. The zero-order valence-electron chi connectivity index (χ0n) is 5.08. The van der Waals surface area contributed by atoms with E-state index >= 15 is 0 Å². The second-order valence-electron chi connectivity index (χ2n) is 2.19.